The van der Waals surface area contributed by atoms with E-state index in [1.165, 1.54) is 0 Å². The number of fused-ring (bicyclic) bond motifs is 1. The van der Waals surface area contributed by atoms with Gasteiger partial charge < -0.3 is 15.4 Å². The highest BCUT2D eigenvalue weighted by Crippen LogP contribution is 2.42. The van der Waals surface area contributed by atoms with Crippen molar-refractivity contribution in [1.82, 2.24) is 0 Å². The van der Waals surface area contributed by atoms with Crippen molar-refractivity contribution >= 4 is 17.3 Å². The van der Waals surface area contributed by atoms with Gasteiger partial charge in [0.2, 0.25) is 5.60 Å². The van der Waals surface area contributed by atoms with Crippen LogP contribution in [0.5, 0.6) is 5.75 Å². The molecule has 3 rings (SSSR count). The summed E-state index contributed by atoms with van der Waals surface area (Å²) in [6.07, 6.45) is 3.78. The van der Waals surface area contributed by atoms with Gasteiger partial charge in [0.15, 0.2) is 0 Å². The Morgan fingerprint density at radius 3 is 2.75 bits per heavy atom. The van der Waals surface area contributed by atoms with Gasteiger partial charge in [0.25, 0.3) is 5.91 Å². The fourth-order valence-electron chi connectivity index (χ4n) is 3.17. The maximum Gasteiger partial charge on any atom is 0.273 e. The summed E-state index contributed by atoms with van der Waals surface area (Å²) < 4.78 is 6.32. The molecule has 0 radical (unpaired) electrons. The number of hydrogen-bond acceptors (Lipinski definition) is 3. The third-order valence-corrected chi connectivity index (χ3v) is 4.54. The third-order valence-electron chi connectivity index (χ3n) is 4.54. The first-order valence-corrected chi connectivity index (χ1v) is 8.57. The van der Waals surface area contributed by atoms with Crippen molar-refractivity contribution < 1.29 is 9.53 Å². The molecule has 2 aromatic rings. The number of benzene rings is 2. The molecule has 1 heterocycles. The monoisotopic (exact) mass is 324 g/mol. The summed E-state index contributed by atoms with van der Waals surface area (Å²) in [5.41, 5.74) is 1.62. The molecule has 24 heavy (non-hydrogen) atoms. The summed E-state index contributed by atoms with van der Waals surface area (Å²) in [5, 5.41) is 6.17. The van der Waals surface area contributed by atoms with Crippen LogP contribution < -0.4 is 15.4 Å². The SMILES string of the molecule is CCCCCC1(c2cccc(NC)c2)Oc2ccccc2NC1=O. The van der Waals surface area contributed by atoms with Gasteiger partial charge in [0.1, 0.15) is 5.75 Å². The van der Waals surface area contributed by atoms with E-state index in [1.54, 1.807) is 0 Å². The van der Waals surface area contributed by atoms with Crippen LogP contribution in [0.25, 0.3) is 0 Å². The number of ether oxygens (including phenoxy) is 1. The molecule has 0 aliphatic carbocycles. The molecule has 4 heteroatoms. The second kappa shape index (κ2) is 6.95. The van der Waals surface area contributed by atoms with Crippen LogP contribution in [0.1, 0.15) is 38.2 Å². The van der Waals surface area contributed by atoms with Crippen LogP contribution in [0.15, 0.2) is 48.5 Å². The van der Waals surface area contributed by atoms with Crippen molar-refractivity contribution in [3.05, 3.63) is 54.1 Å². The first kappa shape index (κ1) is 16.4. The molecule has 126 valence electrons. The molecular formula is C20H24N2O2. The molecule has 0 saturated heterocycles. The molecule has 2 aromatic carbocycles. The van der Waals surface area contributed by atoms with E-state index < -0.39 is 5.60 Å². The van der Waals surface area contributed by atoms with Crippen LogP contribution in [0, 0.1) is 0 Å². The summed E-state index contributed by atoms with van der Waals surface area (Å²) in [6, 6.07) is 15.5. The lowest BCUT2D eigenvalue weighted by Crippen LogP contribution is -2.48. The van der Waals surface area contributed by atoms with Gasteiger partial charge in [0, 0.05) is 24.7 Å². The van der Waals surface area contributed by atoms with Gasteiger partial charge in [-0.15, -0.1) is 0 Å². The lowest BCUT2D eigenvalue weighted by molar-refractivity contribution is -0.134. The number of hydrogen-bond donors (Lipinski definition) is 2. The molecule has 0 bridgehead atoms. The standard InChI is InChI=1S/C20H24N2O2/c1-3-4-7-13-20(15-9-8-10-16(14-15)21-2)19(23)22-17-11-5-6-12-18(17)24-20/h5-6,8-12,14,21H,3-4,7,13H2,1-2H3,(H,22,23). The average Bonchev–Trinajstić information content (AvgIpc) is 2.62. The minimum atomic E-state index is -0.976. The van der Waals surface area contributed by atoms with Crippen molar-refractivity contribution in [2.45, 2.75) is 38.2 Å². The lowest BCUT2D eigenvalue weighted by Gasteiger charge is -2.38. The zero-order valence-electron chi connectivity index (χ0n) is 14.3. The number of rotatable bonds is 6. The Labute approximate surface area is 143 Å². The van der Waals surface area contributed by atoms with Crippen molar-refractivity contribution in [3.8, 4) is 5.75 Å². The minimum Gasteiger partial charge on any atom is -0.470 e. The lowest BCUT2D eigenvalue weighted by atomic mass is 9.85. The molecule has 0 aromatic heterocycles. The van der Waals surface area contributed by atoms with Gasteiger partial charge in [-0.1, -0.05) is 44.0 Å². The molecular weight excluding hydrogens is 300 g/mol. The zero-order valence-corrected chi connectivity index (χ0v) is 14.3. The van der Waals surface area contributed by atoms with Gasteiger partial charge in [-0.3, -0.25) is 4.79 Å². The Morgan fingerprint density at radius 2 is 1.96 bits per heavy atom. The number of amides is 1. The van der Waals surface area contributed by atoms with Crippen LogP contribution in [0.4, 0.5) is 11.4 Å². The summed E-state index contributed by atoms with van der Waals surface area (Å²) >= 11 is 0. The van der Waals surface area contributed by atoms with Crippen LogP contribution in [0.3, 0.4) is 0 Å². The van der Waals surface area contributed by atoms with Gasteiger partial charge in [0.05, 0.1) is 5.69 Å². The number of para-hydroxylation sites is 2. The first-order chi connectivity index (χ1) is 11.7. The molecule has 1 aliphatic heterocycles. The number of carbonyl (C=O) groups excluding carboxylic acids is 1. The molecule has 2 N–H and O–H groups in total. The van der Waals surface area contributed by atoms with Crippen molar-refractivity contribution in [2.75, 3.05) is 17.7 Å². The maximum atomic E-state index is 13.0. The van der Waals surface area contributed by atoms with E-state index in [0.29, 0.717) is 6.42 Å². The van der Waals surface area contributed by atoms with Gasteiger partial charge in [-0.25, -0.2) is 0 Å². The zero-order chi connectivity index (χ0) is 17.0. The molecule has 0 saturated carbocycles. The largest absolute Gasteiger partial charge is 0.470 e. The van der Waals surface area contributed by atoms with E-state index in [4.69, 9.17) is 4.74 Å². The fourth-order valence-corrected chi connectivity index (χ4v) is 3.17. The Kier molecular flexibility index (Phi) is 4.74. The normalized spacial score (nSPS) is 19.2. The summed E-state index contributed by atoms with van der Waals surface area (Å²) in [7, 11) is 1.87. The molecule has 1 amide bonds. The summed E-state index contributed by atoms with van der Waals surface area (Å²) in [4.78, 5) is 13.0. The molecule has 1 aliphatic rings. The van der Waals surface area contributed by atoms with Crippen LogP contribution in [0.2, 0.25) is 0 Å². The Balaban J connectivity index is 2.04. The smallest absolute Gasteiger partial charge is 0.273 e. The predicted molar refractivity (Wildman–Crippen MR) is 97.5 cm³/mol. The third kappa shape index (κ3) is 2.96. The second-order valence-electron chi connectivity index (χ2n) is 6.17. The maximum absolute atomic E-state index is 13.0. The molecule has 1 atom stereocenters. The van der Waals surface area contributed by atoms with Crippen molar-refractivity contribution in [2.24, 2.45) is 0 Å². The van der Waals surface area contributed by atoms with Gasteiger partial charge >= 0.3 is 0 Å². The number of anilines is 2. The predicted octanol–water partition coefficient (Wildman–Crippen LogP) is 4.54. The van der Waals surface area contributed by atoms with Crippen molar-refractivity contribution in [3.63, 3.8) is 0 Å². The highest BCUT2D eigenvalue weighted by Gasteiger charge is 2.45. The quantitative estimate of drug-likeness (QED) is 0.767. The average molecular weight is 324 g/mol. The van der Waals surface area contributed by atoms with Gasteiger partial charge in [-0.05, 0) is 30.7 Å². The summed E-state index contributed by atoms with van der Waals surface area (Å²) in [5.74, 6) is 0.633. The van der Waals surface area contributed by atoms with E-state index in [9.17, 15) is 4.79 Å². The van der Waals surface area contributed by atoms with E-state index in [1.807, 2.05) is 55.6 Å². The Bertz CT molecular complexity index is 729. The Hall–Kier alpha value is -2.49. The number of unbranched alkanes of at least 4 members (excludes halogenated alkanes) is 2. The molecule has 0 spiro atoms. The van der Waals surface area contributed by atoms with Crippen LogP contribution in [-0.4, -0.2) is 13.0 Å². The van der Waals surface area contributed by atoms with E-state index in [-0.39, 0.29) is 5.91 Å². The van der Waals surface area contributed by atoms with Gasteiger partial charge in [-0.2, -0.15) is 0 Å². The second-order valence-corrected chi connectivity index (χ2v) is 6.17. The van der Waals surface area contributed by atoms with E-state index >= 15 is 0 Å². The van der Waals surface area contributed by atoms with Crippen LogP contribution >= 0.6 is 0 Å². The number of nitrogens with one attached hydrogen (secondary N) is 2. The molecule has 4 nitrogen and oxygen atoms in total. The topological polar surface area (TPSA) is 50.4 Å². The van der Waals surface area contributed by atoms with E-state index in [0.717, 1.165) is 42.0 Å². The fraction of sp³-hybridized carbons (Fsp3) is 0.350. The highest BCUT2D eigenvalue weighted by molar-refractivity contribution is 6.01. The van der Waals surface area contributed by atoms with Crippen molar-refractivity contribution in [1.29, 1.82) is 0 Å². The van der Waals surface area contributed by atoms with E-state index in [2.05, 4.69) is 17.6 Å². The first-order valence-electron chi connectivity index (χ1n) is 8.57. The highest BCUT2D eigenvalue weighted by atomic mass is 16.5. The molecule has 0 fully saturated rings. The summed E-state index contributed by atoms with van der Waals surface area (Å²) in [6.45, 7) is 2.16. The number of carbonyl (C=O) groups is 1. The van der Waals surface area contributed by atoms with Crippen LogP contribution in [-0.2, 0) is 10.4 Å². The Morgan fingerprint density at radius 1 is 1.12 bits per heavy atom. The molecule has 1 unspecified atom stereocenters. The minimum absolute atomic E-state index is 0.0921.